The van der Waals surface area contributed by atoms with Crippen molar-refractivity contribution >= 4 is 34.7 Å². The number of likely N-dealkylation sites (tertiary alicyclic amines) is 1. The summed E-state index contributed by atoms with van der Waals surface area (Å²) in [6.07, 6.45) is -4.13. The fourth-order valence-corrected chi connectivity index (χ4v) is 4.42. The van der Waals surface area contributed by atoms with E-state index in [1.165, 1.54) is 30.0 Å². The van der Waals surface area contributed by atoms with Gasteiger partial charge in [0.15, 0.2) is 17.3 Å². The highest BCUT2D eigenvalue weighted by Crippen LogP contribution is 2.48. The summed E-state index contributed by atoms with van der Waals surface area (Å²) in [6, 6.07) is 5.70. The molecule has 2 aliphatic rings. The summed E-state index contributed by atoms with van der Waals surface area (Å²) in [4.78, 5) is 39.0. The molecule has 1 aliphatic carbocycles. The lowest BCUT2D eigenvalue weighted by Crippen LogP contribution is -2.47. The number of nitrogens with one attached hydrogen (secondary N) is 3. The van der Waals surface area contributed by atoms with Crippen LogP contribution in [0.3, 0.4) is 0 Å². The molecule has 37 heavy (non-hydrogen) atoms. The quantitative estimate of drug-likeness (QED) is 0.239. The Labute approximate surface area is 207 Å². The Morgan fingerprint density at radius 2 is 1.89 bits per heavy atom. The van der Waals surface area contributed by atoms with Gasteiger partial charge >= 0.3 is 6.36 Å². The normalized spacial score (nSPS) is 20.1. The number of carbonyl (C=O) groups excluding carboxylic acids is 3. The van der Waals surface area contributed by atoms with E-state index in [4.69, 9.17) is 5.41 Å². The first-order valence-corrected chi connectivity index (χ1v) is 11.2. The molecule has 1 unspecified atom stereocenters. The van der Waals surface area contributed by atoms with Crippen LogP contribution in [0.2, 0.25) is 0 Å². The molecule has 196 valence electrons. The van der Waals surface area contributed by atoms with Gasteiger partial charge in [0.05, 0.1) is 12.2 Å². The van der Waals surface area contributed by atoms with Crippen LogP contribution in [0.15, 0.2) is 36.4 Å². The van der Waals surface area contributed by atoms with E-state index in [-0.39, 0.29) is 41.2 Å². The minimum atomic E-state index is -5.12. The molecule has 2 aromatic rings. The molecule has 1 saturated heterocycles. The number of Topliss-reactive ketones (excluding diaryl/α,β-unsaturated/α-hetero) is 1. The maximum atomic E-state index is 14.5. The standard InChI is InChI=1S/C24H22F4N4O5/c1-11(33)22(29)14-9-13(34)5-6-15(14)30-10-20(35)32-17-7-12(17)8-18(32)23(36)31-16-3-2-4-19(21(16)25)37-24(26,27)28/h2-6,9,12,17-18,29-30,34H,7-8,10H2,1H3,(H,31,36)/t12?,17-,18+/m1/s1. The number of carbonyl (C=O) groups is 3. The molecule has 0 aromatic heterocycles. The first-order chi connectivity index (χ1) is 17.4. The molecule has 2 fully saturated rings. The predicted octanol–water partition coefficient (Wildman–Crippen LogP) is 3.43. The zero-order valence-electron chi connectivity index (χ0n) is 19.4. The maximum Gasteiger partial charge on any atom is 0.573 e. The van der Waals surface area contributed by atoms with Crippen molar-refractivity contribution in [1.82, 2.24) is 4.90 Å². The number of alkyl halides is 3. The van der Waals surface area contributed by atoms with E-state index < -0.39 is 47.3 Å². The summed E-state index contributed by atoms with van der Waals surface area (Å²) in [5.41, 5.74) is -0.543. The van der Waals surface area contributed by atoms with Gasteiger partial charge in [0.25, 0.3) is 0 Å². The second-order valence-electron chi connectivity index (χ2n) is 8.79. The molecule has 1 heterocycles. The summed E-state index contributed by atoms with van der Waals surface area (Å²) >= 11 is 0. The van der Waals surface area contributed by atoms with E-state index in [0.717, 1.165) is 18.2 Å². The molecule has 0 bridgehead atoms. The molecule has 3 atom stereocenters. The number of nitrogens with zero attached hydrogens (tertiary/aromatic N) is 1. The molecule has 1 saturated carbocycles. The van der Waals surface area contributed by atoms with Crippen molar-refractivity contribution in [2.45, 2.75) is 38.2 Å². The number of ketones is 1. The average Bonchev–Trinajstić information content (AvgIpc) is 3.48. The van der Waals surface area contributed by atoms with Crippen molar-refractivity contribution in [2.75, 3.05) is 17.2 Å². The molecule has 1 aliphatic heterocycles. The lowest BCUT2D eigenvalue weighted by Gasteiger charge is -2.27. The molecular formula is C24H22F4N4O5. The van der Waals surface area contributed by atoms with Gasteiger partial charge in [-0.05, 0) is 49.1 Å². The number of amides is 2. The highest BCUT2D eigenvalue weighted by atomic mass is 19.4. The number of phenolic OH excluding ortho intramolecular Hbond substituents is 1. The minimum Gasteiger partial charge on any atom is -0.508 e. The summed E-state index contributed by atoms with van der Waals surface area (Å²) < 4.78 is 55.7. The number of hydrogen-bond acceptors (Lipinski definition) is 7. The minimum absolute atomic E-state index is 0.0690. The van der Waals surface area contributed by atoms with Crippen molar-refractivity contribution in [2.24, 2.45) is 5.92 Å². The van der Waals surface area contributed by atoms with Gasteiger partial charge in [-0.1, -0.05) is 6.07 Å². The van der Waals surface area contributed by atoms with Crippen LogP contribution in [0.25, 0.3) is 0 Å². The van der Waals surface area contributed by atoms with Crippen LogP contribution in [0.5, 0.6) is 11.5 Å². The van der Waals surface area contributed by atoms with E-state index >= 15 is 0 Å². The number of ether oxygens (including phenoxy) is 1. The number of phenols is 1. The summed E-state index contributed by atoms with van der Waals surface area (Å²) in [5, 5.41) is 22.7. The number of halogens is 4. The third-order valence-corrected chi connectivity index (χ3v) is 6.20. The van der Waals surface area contributed by atoms with E-state index in [0.29, 0.717) is 12.8 Å². The van der Waals surface area contributed by atoms with Crippen LogP contribution in [-0.2, 0) is 14.4 Å². The highest BCUT2D eigenvalue weighted by Gasteiger charge is 2.56. The second kappa shape index (κ2) is 9.71. The Morgan fingerprint density at radius 1 is 1.16 bits per heavy atom. The van der Waals surface area contributed by atoms with Crippen molar-refractivity contribution in [3.8, 4) is 11.5 Å². The van der Waals surface area contributed by atoms with Crippen LogP contribution in [0.1, 0.15) is 25.3 Å². The number of rotatable bonds is 8. The molecule has 2 amide bonds. The number of piperidine rings is 1. The zero-order chi connectivity index (χ0) is 27.1. The number of aromatic hydroxyl groups is 1. The van der Waals surface area contributed by atoms with Gasteiger partial charge in [-0.2, -0.15) is 0 Å². The molecule has 9 nitrogen and oxygen atoms in total. The van der Waals surface area contributed by atoms with Gasteiger partial charge in [-0.15, -0.1) is 13.2 Å². The molecule has 0 spiro atoms. The third-order valence-electron chi connectivity index (χ3n) is 6.20. The largest absolute Gasteiger partial charge is 0.573 e. The summed E-state index contributed by atoms with van der Waals surface area (Å²) in [5.74, 6) is -4.39. The first-order valence-electron chi connectivity index (χ1n) is 11.2. The average molecular weight is 522 g/mol. The Balaban J connectivity index is 1.46. The smallest absolute Gasteiger partial charge is 0.508 e. The Bertz CT molecular complexity index is 1280. The van der Waals surface area contributed by atoms with Crippen LogP contribution in [0, 0.1) is 17.1 Å². The predicted molar refractivity (Wildman–Crippen MR) is 123 cm³/mol. The molecule has 2 aromatic carbocycles. The molecule has 4 rings (SSSR count). The molecule has 4 N–H and O–H groups in total. The van der Waals surface area contributed by atoms with Crippen LogP contribution >= 0.6 is 0 Å². The summed E-state index contributed by atoms with van der Waals surface area (Å²) in [6.45, 7) is 0.884. The van der Waals surface area contributed by atoms with Crippen molar-refractivity contribution < 1.29 is 41.8 Å². The summed E-state index contributed by atoms with van der Waals surface area (Å²) in [7, 11) is 0. The maximum absolute atomic E-state index is 14.5. The van der Waals surface area contributed by atoms with Gasteiger partial charge in [0, 0.05) is 24.2 Å². The Morgan fingerprint density at radius 3 is 2.57 bits per heavy atom. The van der Waals surface area contributed by atoms with Gasteiger partial charge in [-0.3, -0.25) is 19.8 Å². The molecule has 0 radical (unpaired) electrons. The Hall–Kier alpha value is -4.16. The van der Waals surface area contributed by atoms with Crippen LogP contribution in [-0.4, -0.2) is 58.3 Å². The van der Waals surface area contributed by atoms with E-state index in [1.807, 2.05) is 0 Å². The fourth-order valence-electron chi connectivity index (χ4n) is 4.42. The van der Waals surface area contributed by atoms with E-state index in [1.54, 1.807) is 0 Å². The van der Waals surface area contributed by atoms with Crippen LogP contribution < -0.4 is 15.4 Å². The lowest BCUT2D eigenvalue weighted by molar-refractivity contribution is -0.275. The Kier molecular flexibility index (Phi) is 6.80. The molecule has 13 heteroatoms. The monoisotopic (exact) mass is 522 g/mol. The fraction of sp³-hybridized carbons (Fsp3) is 0.333. The topological polar surface area (TPSA) is 132 Å². The van der Waals surface area contributed by atoms with Crippen LogP contribution in [0.4, 0.5) is 28.9 Å². The first kappa shape index (κ1) is 25.9. The van der Waals surface area contributed by atoms with Crippen molar-refractivity contribution in [1.29, 1.82) is 5.41 Å². The SMILES string of the molecule is CC(=O)C(=N)c1cc(O)ccc1NCC(=O)N1[C@@H]2CC2C[C@H]1C(=O)Nc1cccc(OC(F)(F)F)c1F. The molecular weight excluding hydrogens is 500 g/mol. The zero-order valence-corrected chi connectivity index (χ0v) is 19.4. The van der Waals surface area contributed by atoms with E-state index in [2.05, 4.69) is 15.4 Å². The third kappa shape index (κ3) is 5.65. The second-order valence-corrected chi connectivity index (χ2v) is 8.79. The van der Waals surface area contributed by atoms with Gasteiger partial charge in [0.1, 0.15) is 17.5 Å². The van der Waals surface area contributed by atoms with Gasteiger partial charge in [-0.25, -0.2) is 4.39 Å². The van der Waals surface area contributed by atoms with Crippen molar-refractivity contribution in [3.05, 3.63) is 47.8 Å². The van der Waals surface area contributed by atoms with Crippen molar-refractivity contribution in [3.63, 3.8) is 0 Å². The van der Waals surface area contributed by atoms with E-state index in [9.17, 15) is 37.1 Å². The van der Waals surface area contributed by atoms with Gasteiger partial charge in [0.2, 0.25) is 11.8 Å². The number of hydrogen-bond donors (Lipinski definition) is 4. The van der Waals surface area contributed by atoms with Gasteiger partial charge < -0.3 is 25.4 Å². The number of fused-ring (bicyclic) bond motifs is 1. The lowest BCUT2D eigenvalue weighted by atomic mass is 10.0. The highest BCUT2D eigenvalue weighted by molar-refractivity contribution is 6.45. The number of benzene rings is 2. The number of anilines is 2.